The van der Waals surface area contributed by atoms with Gasteiger partial charge < -0.3 is 4.74 Å². The molecule has 2 aromatic heterocycles. The van der Waals surface area contributed by atoms with E-state index in [9.17, 15) is 4.79 Å². The molecule has 0 saturated heterocycles. The quantitative estimate of drug-likeness (QED) is 0.495. The van der Waals surface area contributed by atoms with Crippen LogP contribution in [0.4, 0.5) is 0 Å². The van der Waals surface area contributed by atoms with Crippen molar-refractivity contribution in [2.75, 3.05) is 0 Å². The van der Waals surface area contributed by atoms with Gasteiger partial charge in [-0.15, -0.1) is 0 Å². The first-order valence-corrected chi connectivity index (χ1v) is 8.31. The SMILES string of the molecule is Cc1nn(-c2ccc(C(=O)OCc3ccc(Cl)nc3)cc2)c(C)c1Cl. The molecule has 7 heteroatoms. The van der Waals surface area contributed by atoms with Crippen molar-refractivity contribution in [2.24, 2.45) is 0 Å². The van der Waals surface area contributed by atoms with Crippen molar-refractivity contribution >= 4 is 29.2 Å². The number of carbonyl (C=O) groups is 1. The molecule has 0 unspecified atom stereocenters. The zero-order valence-corrected chi connectivity index (χ0v) is 15.2. The third-order valence-corrected chi connectivity index (χ3v) is 4.48. The summed E-state index contributed by atoms with van der Waals surface area (Å²) in [4.78, 5) is 16.1. The van der Waals surface area contributed by atoms with Crippen LogP contribution in [0.3, 0.4) is 0 Å². The van der Waals surface area contributed by atoms with Crippen molar-refractivity contribution in [2.45, 2.75) is 20.5 Å². The molecular formula is C18H15Cl2N3O2. The number of aryl methyl sites for hydroxylation is 1. The van der Waals surface area contributed by atoms with Gasteiger partial charge in [-0.3, -0.25) is 0 Å². The van der Waals surface area contributed by atoms with Crippen LogP contribution in [-0.2, 0) is 11.3 Å². The Morgan fingerprint density at radius 2 is 1.84 bits per heavy atom. The number of rotatable bonds is 4. The van der Waals surface area contributed by atoms with E-state index in [1.807, 2.05) is 13.8 Å². The second-order valence-electron chi connectivity index (χ2n) is 5.51. The smallest absolute Gasteiger partial charge is 0.338 e. The van der Waals surface area contributed by atoms with Crippen LogP contribution in [0.5, 0.6) is 0 Å². The first-order chi connectivity index (χ1) is 12.0. The normalized spacial score (nSPS) is 10.7. The van der Waals surface area contributed by atoms with Gasteiger partial charge in [0, 0.05) is 11.8 Å². The molecule has 2 heterocycles. The summed E-state index contributed by atoms with van der Waals surface area (Å²) in [5, 5.41) is 5.43. The number of hydrogen-bond acceptors (Lipinski definition) is 4. The molecule has 0 N–H and O–H groups in total. The van der Waals surface area contributed by atoms with E-state index in [0.717, 1.165) is 22.6 Å². The topological polar surface area (TPSA) is 57.0 Å². The van der Waals surface area contributed by atoms with Crippen LogP contribution in [0.15, 0.2) is 42.6 Å². The molecule has 3 rings (SSSR count). The molecule has 0 saturated carbocycles. The van der Waals surface area contributed by atoms with Crippen LogP contribution >= 0.6 is 23.2 Å². The molecule has 25 heavy (non-hydrogen) atoms. The van der Waals surface area contributed by atoms with Gasteiger partial charge >= 0.3 is 5.97 Å². The van der Waals surface area contributed by atoms with Crippen molar-refractivity contribution in [3.63, 3.8) is 0 Å². The highest BCUT2D eigenvalue weighted by atomic mass is 35.5. The maximum Gasteiger partial charge on any atom is 0.338 e. The van der Waals surface area contributed by atoms with Crippen molar-refractivity contribution in [3.8, 4) is 5.69 Å². The maximum atomic E-state index is 12.1. The van der Waals surface area contributed by atoms with Crippen molar-refractivity contribution in [3.05, 3.63) is 75.3 Å². The van der Waals surface area contributed by atoms with E-state index in [2.05, 4.69) is 10.1 Å². The summed E-state index contributed by atoms with van der Waals surface area (Å²) >= 11 is 11.9. The van der Waals surface area contributed by atoms with E-state index in [0.29, 0.717) is 15.7 Å². The van der Waals surface area contributed by atoms with Crippen LogP contribution in [-0.4, -0.2) is 20.7 Å². The van der Waals surface area contributed by atoms with Crippen LogP contribution in [0.1, 0.15) is 27.3 Å². The fraction of sp³-hybridized carbons (Fsp3) is 0.167. The molecule has 0 spiro atoms. The molecule has 0 atom stereocenters. The Hall–Kier alpha value is -2.37. The average molecular weight is 376 g/mol. The number of hydrogen-bond donors (Lipinski definition) is 0. The summed E-state index contributed by atoms with van der Waals surface area (Å²) in [5.41, 5.74) is 3.67. The minimum absolute atomic E-state index is 0.137. The Bertz CT molecular complexity index is 903. The molecule has 128 valence electrons. The van der Waals surface area contributed by atoms with E-state index in [1.54, 1.807) is 47.3 Å². The van der Waals surface area contributed by atoms with Gasteiger partial charge in [-0.2, -0.15) is 5.10 Å². The Morgan fingerprint density at radius 3 is 2.40 bits per heavy atom. The third kappa shape index (κ3) is 3.83. The molecule has 1 aromatic carbocycles. The van der Waals surface area contributed by atoms with Crippen molar-refractivity contribution < 1.29 is 9.53 Å². The molecule has 0 aliphatic carbocycles. The van der Waals surface area contributed by atoms with Gasteiger partial charge in [0.25, 0.3) is 0 Å². The van der Waals surface area contributed by atoms with Crippen molar-refractivity contribution in [1.29, 1.82) is 0 Å². The Kier molecular flexibility index (Phi) is 5.06. The molecule has 0 fully saturated rings. The minimum Gasteiger partial charge on any atom is -0.457 e. The van der Waals surface area contributed by atoms with Gasteiger partial charge in [-0.05, 0) is 44.2 Å². The number of pyridine rings is 1. The molecule has 0 bridgehead atoms. The van der Waals surface area contributed by atoms with E-state index < -0.39 is 5.97 Å². The van der Waals surface area contributed by atoms with E-state index in [4.69, 9.17) is 27.9 Å². The summed E-state index contributed by atoms with van der Waals surface area (Å²) in [6.07, 6.45) is 1.57. The summed E-state index contributed by atoms with van der Waals surface area (Å²) in [5.74, 6) is -0.409. The van der Waals surface area contributed by atoms with Gasteiger partial charge in [0.15, 0.2) is 0 Å². The zero-order valence-electron chi connectivity index (χ0n) is 13.7. The summed E-state index contributed by atoms with van der Waals surface area (Å²) in [6.45, 7) is 3.88. The Balaban J connectivity index is 1.70. The predicted molar refractivity (Wildman–Crippen MR) is 96.4 cm³/mol. The summed E-state index contributed by atoms with van der Waals surface area (Å²) in [7, 11) is 0. The van der Waals surface area contributed by atoms with E-state index >= 15 is 0 Å². The fourth-order valence-electron chi connectivity index (χ4n) is 2.34. The van der Waals surface area contributed by atoms with Crippen molar-refractivity contribution in [1.82, 2.24) is 14.8 Å². The highest BCUT2D eigenvalue weighted by molar-refractivity contribution is 6.31. The molecule has 3 aromatic rings. The second-order valence-corrected chi connectivity index (χ2v) is 6.27. The predicted octanol–water partition coefficient (Wildman–Crippen LogP) is 4.55. The zero-order chi connectivity index (χ0) is 18.0. The summed E-state index contributed by atoms with van der Waals surface area (Å²) in [6, 6.07) is 10.4. The van der Waals surface area contributed by atoms with Crippen LogP contribution in [0.25, 0.3) is 5.69 Å². The lowest BCUT2D eigenvalue weighted by molar-refractivity contribution is 0.0472. The number of halogens is 2. The first kappa shape index (κ1) is 17.5. The third-order valence-electron chi connectivity index (χ3n) is 3.71. The van der Waals surface area contributed by atoms with Gasteiger partial charge in [0.1, 0.15) is 11.8 Å². The van der Waals surface area contributed by atoms with Gasteiger partial charge in [-0.1, -0.05) is 29.3 Å². The standard InChI is InChI=1S/C18H15Cl2N3O2/c1-11-17(20)12(2)23(22-11)15-6-4-14(5-7-15)18(24)25-10-13-3-8-16(19)21-9-13/h3-9H,10H2,1-2H3. The number of carbonyl (C=O) groups excluding carboxylic acids is 1. The highest BCUT2D eigenvalue weighted by Crippen LogP contribution is 2.22. The monoisotopic (exact) mass is 375 g/mol. The van der Waals surface area contributed by atoms with E-state index in [1.165, 1.54) is 0 Å². The first-order valence-electron chi connectivity index (χ1n) is 7.55. The molecule has 0 amide bonds. The number of esters is 1. The number of nitrogens with zero attached hydrogens (tertiary/aromatic N) is 3. The molecule has 0 radical (unpaired) electrons. The van der Waals surface area contributed by atoms with Gasteiger partial charge in [0.2, 0.25) is 0 Å². The second kappa shape index (κ2) is 7.25. The molecule has 0 aliphatic heterocycles. The largest absolute Gasteiger partial charge is 0.457 e. The van der Waals surface area contributed by atoms with E-state index in [-0.39, 0.29) is 6.61 Å². The van der Waals surface area contributed by atoms with Gasteiger partial charge in [-0.25, -0.2) is 14.5 Å². The number of aromatic nitrogens is 3. The molecule has 5 nitrogen and oxygen atoms in total. The van der Waals surface area contributed by atoms with Gasteiger partial charge in [0.05, 0.1) is 27.7 Å². The Morgan fingerprint density at radius 1 is 1.12 bits per heavy atom. The average Bonchev–Trinajstić information content (AvgIpc) is 2.88. The fourth-order valence-corrected chi connectivity index (χ4v) is 2.57. The molecular weight excluding hydrogens is 361 g/mol. The van der Waals surface area contributed by atoms with Crippen LogP contribution in [0.2, 0.25) is 10.2 Å². The maximum absolute atomic E-state index is 12.1. The highest BCUT2D eigenvalue weighted by Gasteiger charge is 2.12. The Labute approximate surface area is 155 Å². The van der Waals surface area contributed by atoms with Crippen LogP contribution in [0, 0.1) is 13.8 Å². The lowest BCUT2D eigenvalue weighted by atomic mass is 10.2. The molecule has 0 aliphatic rings. The number of benzene rings is 1. The summed E-state index contributed by atoms with van der Waals surface area (Å²) < 4.78 is 7.02. The lowest BCUT2D eigenvalue weighted by Gasteiger charge is -2.07. The number of ether oxygens (including phenoxy) is 1. The lowest BCUT2D eigenvalue weighted by Crippen LogP contribution is -2.06. The minimum atomic E-state index is -0.409. The van der Waals surface area contributed by atoms with Crippen LogP contribution < -0.4 is 0 Å².